The molecule has 1 aliphatic heterocycles. The number of hydrogen-bond acceptors (Lipinski definition) is 4. The Hall–Kier alpha value is -2.67. The van der Waals surface area contributed by atoms with Crippen molar-refractivity contribution >= 4 is 28.4 Å². The number of rotatable bonds is 4. The van der Waals surface area contributed by atoms with Crippen LogP contribution in [-0.2, 0) is 11.3 Å². The summed E-state index contributed by atoms with van der Waals surface area (Å²) < 4.78 is 1.81. The molecule has 1 fully saturated rings. The molecule has 0 aromatic carbocycles. The largest absolute Gasteiger partial charge is 0.342 e. The topological polar surface area (TPSA) is 83.9 Å². The van der Waals surface area contributed by atoms with E-state index in [0.29, 0.717) is 23.6 Å². The number of aryl methyl sites for hydroxylation is 1. The maximum Gasteiger partial charge on any atom is 0.274 e. The van der Waals surface area contributed by atoms with Gasteiger partial charge in [-0.1, -0.05) is 24.6 Å². The molecule has 0 radical (unpaired) electrons. The number of halogens is 1. The number of amides is 1. The van der Waals surface area contributed by atoms with Gasteiger partial charge in [0.25, 0.3) is 5.56 Å². The average molecular weight is 428 g/mol. The number of likely N-dealkylation sites (tertiary alicyclic amines) is 1. The number of aromatic amines is 1. The number of piperidine rings is 1. The molecule has 7 nitrogen and oxygen atoms in total. The summed E-state index contributed by atoms with van der Waals surface area (Å²) in [5.41, 5.74) is 2.80. The third kappa shape index (κ3) is 3.86. The summed E-state index contributed by atoms with van der Waals surface area (Å²) in [6.07, 6.45) is 3.46. The first kappa shape index (κ1) is 20.6. The van der Waals surface area contributed by atoms with Gasteiger partial charge in [-0.3, -0.25) is 19.3 Å². The zero-order valence-electron chi connectivity index (χ0n) is 17.5. The lowest BCUT2D eigenvalue weighted by Crippen LogP contribution is -2.43. The van der Waals surface area contributed by atoms with Crippen LogP contribution in [0.1, 0.15) is 42.8 Å². The van der Waals surface area contributed by atoms with E-state index in [4.69, 9.17) is 11.6 Å². The second-order valence-corrected chi connectivity index (χ2v) is 8.56. The highest BCUT2D eigenvalue weighted by atomic mass is 35.5. The van der Waals surface area contributed by atoms with Gasteiger partial charge in [0.1, 0.15) is 5.52 Å². The highest BCUT2D eigenvalue weighted by molar-refractivity contribution is 6.31. The van der Waals surface area contributed by atoms with E-state index in [-0.39, 0.29) is 23.3 Å². The molecule has 0 bridgehead atoms. The van der Waals surface area contributed by atoms with Crippen LogP contribution >= 0.6 is 11.6 Å². The van der Waals surface area contributed by atoms with E-state index < -0.39 is 0 Å². The van der Waals surface area contributed by atoms with Gasteiger partial charge in [-0.05, 0) is 38.8 Å². The smallest absolute Gasteiger partial charge is 0.274 e. The zero-order chi connectivity index (χ0) is 21.4. The molecule has 0 saturated carbocycles. The van der Waals surface area contributed by atoms with Crippen molar-refractivity contribution in [2.75, 3.05) is 13.1 Å². The van der Waals surface area contributed by atoms with E-state index in [1.165, 1.54) is 0 Å². The maximum atomic E-state index is 13.1. The number of nitrogens with zero attached hydrogens (tertiary/aromatic N) is 4. The average Bonchev–Trinajstić information content (AvgIpc) is 2.99. The first-order valence-electron chi connectivity index (χ1n) is 10.3. The zero-order valence-corrected chi connectivity index (χ0v) is 18.2. The van der Waals surface area contributed by atoms with Crippen molar-refractivity contribution in [2.24, 2.45) is 5.92 Å². The molecule has 2 atom stereocenters. The Balaban J connectivity index is 1.50. The molecule has 0 unspecified atom stereocenters. The third-order valence-corrected chi connectivity index (χ3v) is 6.50. The SMILES string of the molecule is Cc1nn(C[C@@H](C)C(=O)N2CCC[C@H](c3cc4cccnc4c(=O)[nH]3)C2)c(C)c1Cl. The molecule has 8 heteroatoms. The Morgan fingerprint density at radius 1 is 1.40 bits per heavy atom. The fourth-order valence-corrected chi connectivity index (χ4v) is 4.41. The van der Waals surface area contributed by atoms with Crippen molar-refractivity contribution < 1.29 is 4.79 Å². The first-order valence-corrected chi connectivity index (χ1v) is 10.7. The van der Waals surface area contributed by atoms with Gasteiger partial charge < -0.3 is 9.88 Å². The Bertz CT molecular complexity index is 1150. The lowest BCUT2D eigenvalue weighted by molar-refractivity contribution is -0.136. The number of carbonyl (C=O) groups is 1. The van der Waals surface area contributed by atoms with Crippen molar-refractivity contribution in [1.82, 2.24) is 24.6 Å². The Labute approximate surface area is 180 Å². The third-order valence-electron chi connectivity index (χ3n) is 5.96. The monoisotopic (exact) mass is 427 g/mol. The van der Waals surface area contributed by atoms with Crippen molar-refractivity contribution in [3.05, 3.63) is 56.9 Å². The molecule has 1 N–H and O–H groups in total. The summed E-state index contributed by atoms with van der Waals surface area (Å²) in [5, 5.41) is 5.93. The fourth-order valence-electron chi connectivity index (χ4n) is 4.27. The van der Waals surface area contributed by atoms with Gasteiger partial charge in [-0.25, -0.2) is 0 Å². The maximum absolute atomic E-state index is 13.1. The number of fused-ring (bicyclic) bond motifs is 1. The van der Waals surface area contributed by atoms with Gasteiger partial charge in [0.05, 0.1) is 28.9 Å². The predicted molar refractivity (Wildman–Crippen MR) is 117 cm³/mol. The quantitative estimate of drug-likeness (QED) is 0.691. The molecule has 3 aromatic rings. The number of aromatic nitrogens is 4. The second kappa shape index (κ2) is 8.22. The van der Waals surface area contributed by atoms with Crippen molar-refractivity contribution in [3.63, 3.8) is 0 Å². The van der Waals surface area contributed by atoms with Gasteiger partial charge in [-0.15, -0.1) is 0 Å². The van der Waals surface area contributed by atoms with E-state index in [1.54, 1.807) is 6.20 Å². The van der Waals surface area contributed by atoms with Crippen molar-refractivity contribution in [1.29, 1.82) is 0 Å². The summed E-state index contributed by atoms with van der Waals surface area (Å²) in [7, 11) is 0. The Morgan fingerprint density at radius 3 is 2.93 bits per heavy atom. The molecular formula is C22H26ClN5O2. The van der Waals surface area contributed by atoms with E-state index >= 15 is 0 Å². The van der Waals surface area contributed by atoms with E-state index in [1.807, 2.05) is 48.6 Å². The highest BCUT2D eigenvalue weighted by Crippen LogP contribution is 2.28. The predicted octanol–water partition coefficient (Wildman–Crippen LogP) is 3.43. The van der Waals surface area contributed by atoms with Gasteiger partial charge in [0, 0.05) is 36.3 Å². The molecule has 30 heavy (non-hydrogen) atoms. The molecule has 0 aliphatic carbocycles. The van der Waals surface area contributed by atoms with Crippen LogP contribution < -0.4 is 5.56 Å². The van der Waals surface area contributed by atoms with Gasteiger partial charge in [0.15, 0.2) is 0 Å². The lowest BCUT2D eigenvalue weighted by Gasteiger charge is -2.34. The number of H-pyrrole nitrogens is 1. The van der Waals surface area contributed by atoms with Crippen LogP contribution in [-0.4, -0.2) is 43.6 Å². The fraction of sp³-hybridized carbons (Fsp3) is 0.455. The van der Waals surface area contributed by atoms with Crippen LogP contribution in [0.25, 0.3) is 10.9 Å². The molecule has 1 amide bonds. The van der Waals surface area contributed by atoms with Crippen LogP contribution in [0.3, 0.4) is 0 Å². The van der Waals surface area contributed by atoms with Gasteiger partial charge >= 0.3 is 0 Å². The minimum atomic E-state index is -0.210. The standard InChI is InChI=1S/C22H26ClN5O2/c1-13(11-28-15(3)19(23)14(2)26-28)22(30)27-9-5-7-17(12-27)18-10-16-6-4-8-24-20(16)21(29)25-18/h4,6,8,10,13,17H,5,7,9,11-12H2,1-3H3,(H,25,29)/t13-,17+/m1/s1. The lowest BCUT2D eigenvalue weighted by atomic mass is 9.92. The molecule has 158 valence electrons. The van der Waals surface area contributed by atoms with E-state index in [2.05, 4.69) is 15.1 Å². The summed E-state index contributed by atoms with van der Waals surface area (Å²) >= 11 is 6.24. The molecule has 1 aliphatic rings. The first-order chi connectivity index (χ1) is 14.3. The van der Waals surface area contributed by atoms with Crippen molar-refractivity contribution in [3.8, 4) is 0 Å². The van der Waals surface area contributed by atoms with Gasteiger partial charge in [-0.2, -0.15) is 5.10 Å². The molecule has 4 heterocycles. The molecule has 4 rings (SSSR count). The number of nitrogens with one attached hydrogen (secondary N) is 1. The van der Waals surface area contributed by atoms with Gasteiger partial charge in [0.2, 0.25) is 5.91 Å². The highest BCUT2D eigenvalue weighted by Gasteiger charge is 2.29. The van der Waals surface area contributed by atoms with Crippen molar-refractivity contribution in [2.45, 2.75) is 46.1 Å². The van der Waals surface area contributed by atoms with Crippen LogP contribution in [0.5, 0.6) is 0 Å². The summed E-state index contributed by atoms with van der Waals surface area (Å²) in [5.74, 6) is 0.00109. The number of carbonyl (C=O) groups excluding carboxylic acids is 1. The summed E-state index contributed by atoms with van der Waals surface area (Å²) in [6.45, 7) is 7.55. The second-order valence-electron chi connectivity index (χ2n) is 8.19. The molecule has 0 spiro atoms. The molecular weight excluding hydrogens is 402 g/mol. The number of pyridine rings is 2. The summed E-state index contributed by atoms with van der Waals surface area (Å²) in [4.78, 5) is 34.6. The normalized spacial score (nSPS) is 18.0. The van der Waals surface area contributed by atoms with Crippen LogP contribution in [0, 0.1) is 19.8 Å². The molecule has 1 saturated heterocycles. The van der Waals surface area contributed by atoms with Crippen LogP contribution in [0.15, 0.2) is 29.2 Å². The van der Waals surface area contributed by atoms with Crippen LogP contribution in [0.2, 0.25) is 5.02 Å². The van der Waals surface area contributed by atoms with E-state index in [9.17, 15) is 9.59 Å². The Kier molecular flexibility index (Phi) is 5.64. The Morgan fingerprint density at radius 2 is 2.20 bits per heavy atom. The minimum Gasteiger partial charge on any atom is -0.342 e. The minimum absolute atomic E-state index is 0.105. The number of hydrogen-bond donors (Lipinski definition) is 1. The van der Waals surface area contributed by atoms with Crippen LogP contribution in [0.4, 0.5) is 0 Å². The molecule has 3 aromatic heterocycles. The van der Waals surface area contributed by atoms with E-state index in [0.717, 1.165) is 41.9 Å². The summed E-state index contributed by atoms with van der Waals surface area (Å²) in [6, 6.07) is 5.72.